The van der Waals surface area contributed by atoms with E-state index in [1.165, 1.54) is 7.11 Å². The molecule has 1 unspecified atom stereocenters. The van der Waals surface area contributed by atoms with Crippen LogP contribution in [0.25, 0.3) is 0 Å². The molecular weight excluding hydrogens is 294 g/mol. The largest absolute Gasteiger partial charge is 0.384 e. The lowest BCUT2D eigenvalue weighted by molar-refractivity contribution is 0.214. The molecule has 0 aromatic heterocycles. The van der Waals surface area contributed by atoms with Crippen LogP contribution in [0.1, 0.15) is 25.7 Å². The van der Waals surface area contributed by atoms with Crippen LogP contribution in [0, 0.1) is 0 Å². The van der Waals surface area contributed by atoms with Crippen molar-refractivity contribution in [3.8, 4) is 0 Å². The van der Waals surface area contributed by atoms with E-state index in [1.807, 2.05) is 0 Å². The second-order valence-electron chi connectivity index (χ2n) is 4.08. The number of sulfonamides is 1. The molecule has 1 atom stereocenters. The lowest BCUT2D eigenvalue weighted by Gasteiger charge is -2.27. The Morgan fingerprint density at radius 3 is 2.75 bits per heavy atom. The third kappa shape index (κ3) is 3.98. The average Bonchev–Trinajstić information content (AvgIpc) is 2.51. The number of methoxy groups -OCH3 is 1. The van der Waals surface area contributed by atoms with Crippen LogP contribution in [0.3, 0.4) is 0 Å². The number of ether oxygens (including phenoxy) is 1. The molecule has 0 N–H and O–H groups in total. The summed E-state index contributed by atoms with van der Waals surface area (Å²) in [5.74, 6) is 0.0903. The Kier molecular flexibility index (Phi) is 6.25. The molecule has 0 saturated carbocycles. The quantitative estimate of drug-likeness (QED) is 0.724. The fourth-order valence-electron chi connectivity index (χ4n) is 1.98. The molecule has 1 rings (SSSR count). The molecule has 96 valence electrons. The van der Waals surface area contributed by atoms with E-state index < -0.39 is 10.0 Å². The second-order valence-corrected chi connectivity index (χ2v) is 6.77. The molecule has 1 aliphatic heterocycles. The van der Waals surface area contributed by atoms with E-state index in [1.54, 1.807) is 4.31 Å². The minimum Gasteiger partial charge on any atom is -0.384 e. The fraction of sp³-hybridized carbons (Fsp3) is 1.00. The molecule has 0 radical (unpaired) electrons. The van der Waals surface area contributed by atoms with E-state index in [-0.39, 0.29) is 18.4 Å². The van der Waals surface area contributed by atoms with Crippen LogP contribution in [0.15, 0.2) is 0 Å². The number of rotatable bonds is 5. The standard InChI is InChI=1S/C10H20BrNO3S/c1-15-7-8-16(13,14)12-6-4-2-3-5-10(12)9-11/h10H,2-9H2,1H3. The van der Waals surface area contributed by atoms with Gasteiger partial charge in [0.05, 0.1) is 12.4 Å². The topological polar surface area (TPSA) is 46.6 Å². The first kappa shape index (κ1) is 14.4. The highest BCUT2D eigenvalue weighted by Gasteiger charge is 2.29. The second kappa shape index (κ2) is 6.93. The van der Waals surface area contributed by atoms with E-state index in [4.69, 9.17) is 4.74 Å². The molecule has 1 heterocycles. The number of hydrogen-bond donors (Lipinski definition) is 0. The van der Waals surface area contributed by atoms with Gasteiger partial charge in [-0.25, -0.2) is 8.42 Å². The van der Waals surface area contributed by atoms with Crippen molar-refractivity contribution in [3.63, 3.8) is 0 Å². The first-order valence-electron chi connectivity index (χ1n) is 5.66. The summed E-state index contributed by atoms with van der Waals surface area (Å²) >= 11 is 3.41. The highest BCUT2D eigenvalue weighted by Crippen LogP contribution is 2.21. The molecule has 0 bridgehead atoms. The Labute approximate surface area is 107 Å². The van der Waals surface area contributed by atoms with Crippen LogP contribution in [0.2, 0.25) is 0 Å². The Morgan fingerprint density at radius 2 is 2.12 bits per heavy atom. The summed E-state index contributed by atoms with van der Waals surface area (Å²) in [7, 11) is -1.62. The predicted molar refractivity (Wildman–Crippen MR) is 68.4 cm³/mol. The van der Waals surface area contributed by atoms with Crippen LogP contribution < -0.4 is 0 Å². The van der Waals surface area contributed by atoms with Gasteiger partial charge in [0, 0.05) is 25.0 Å². The zero-order chi connectivity index (χ0) is 12.0. The van der Waals surface area contributed by atoms with Gasteiger partial charge in [0.1, 0.15) is 0 Å². The SMILES string of the molecule is COCCS(=O)(=O)N1CCCCCC1CBr. The summed E-state index contributed by atoms with van der Waals surface area (Å²) in [4.78, 5) is 0. The molecule has 4 nitrogen and oxygen atoms in total. The lowest BCUT2D eigenvalue weighted by Crippen LogP contribution is -2.42. The van der Waals surface area contributed by atoms with Crippen molar-refractivity contribution < 1.29 is 13.2 Å². The number of halogens is 1. The maximum absolute atomic E-state index is 12.1. The summed E-state index contributed by atoms with van der Waals surface area (Å²) in [5, 5.41) is 0.721. The van der Waals surface area contributed by atoms with Gasteiger partial charge < -0.3 is 4.74 Å². The summed E-state index contributed by atoms with van der Waals surface area (Å²) in [6.45, 7) is 0.927. The van der Waals surface area contributed by atoms with Gasteiger partial charge in [0.25, 0.3) is 0 Å². The molecule has 1 saturated heterocycles. The fourth-order valence-corrected chi connectivity index (χ4v) is 4.50. The van der Waals surface area contributed by atoms with Crippen molar-refractivity contribution in [2.45, 2.75) is 31.7 Å². The molecule has 0 aromatic rings. The van der Waals surface area contributed by atoms with E-state index >= 15 is 0 Å². The number of hydrogen-bond acceptors (Lipinski definition) is 3. The normalized spacial score (nSPS) is 24.2. The molecular formula is C10H20BrNO3S. The van der Waals surface area contributed by atoms with Crippen molar-refractivity contribution in [2.24, 2.45) is 0 Å². The lowest BCUT2D eigenvalue weighted by atomic mass is 10.1. The van der Waals surface area contributed by atoms with Gasteiger partial charge in [-0.3, -0.25) is 0 Å². The van der Waals surface area contributed by atoms with Gasteiger partial charge in [-0.15, -0.1) is 0 Å². The van der Waals surface area contributed by atoms with Crippen LogP contribution in [0.4, 0.5) is 0 Å². The summed E-state index contributed by atoms with van der Waals surface area (Å²) in [6, 6.07) is 0.115. The molecule has 1 fully saturated rings. The Morgan fingerprint density at radius 1 is 1.38 bits per heavy atom. The van der Waals surface area contributed by atoms with Crippen molar-refractivity contribution in [1.29, 1.82) is 0 Å². The summed E-state index contributed by atoms with van der Waals surface area (Å²) in [5.41, 5.74) is 0. The van der Waals surface area contributed by atoms with Gasteiger partial charge in [0.2, 0.25) is 10.0 Å². The molecule has 6 heteroatoms. The van der Waals surface area contributed by atoms with E-state index in [0.717, 1.165) is 31.0 Å². The van der Waals surface area contributed by atoms with Crippen molar-refractivity contribution >= 4 is 26.0 Å². The molecule has 1 aliphatic rings. The van der Waals surface area contributed by atoms with Gasteiger partial charge in [0.15, 0.2) is 0 Å². The van der Waals surface area contributed by atoms with Gasteiger partial charge in [-0.1, -0.05) is 28.8 Å². The number of nitrogens with zero attached hydrogens (tertiary/aromatic N) is 1. The van der Waals surface area contributed by atoms with E-state index in [2.05, 4.69) is 15.9 Å². The van der Waals surface area contributed by atoms with Crippen LogP contribution in [-0.4, -0.2) is 50.1 Å². The number of alkyl halides is 1. The Bertz CT molecular complexity index is 294. The maximum Gasteiger partial charge on any atom is 0.216 e. The zero-order valence-corrected chi connectivity index (χ0v) is 12.1. The summed E-state index contributed by atoms with van der Waals surface area (Å²) < 4.78 is 30.7. The first-order chi connectivity index (χ1) is 7.61. The van der Waals surface area contributed by atoms with Gasteiger partial charge in [-0.05, 0) is 12.8 Å². The van der Waals surface area contributed by atoms with Crippen molar-refractivity contribution in [1.82, 2.24) is 4.31 Å². The highest BCUT2D eigenvalue weighted by atomic mass is 79.9. The minimum absolute atomic E-state index is 0.0903. The van der Waals surface area contributed by atoms with E-state index in [9.17, 15) is 8.42 Å². The zero-order valence-electron chi connectivity index (χ0n) is 9.69. The van der Waals surface area contributed by atoms with E-state index in [0.29, 0.717) is 6.54 Å². The Balaban J connectivity index is 2.72. The third-order valence-electron chi connectivity index (χ3n) is 2.90. The third-order valence-corrected chi connectivity index (χ3v) is 5.53. The maximum atomic E-state index is 12.1. The van der Waals surface area contributed by atoms with Crippen LogP contribution in [0.5, 0.6) is 0 Å². The minimum atomic E-state index is -3.15. The summed E-state index contributed by atoms with van der Waals surface area (Å²) in [6.07, 6.45) is 4.17. The monoisotopic (exact) mass is 313 g/mol. The van der Waals surface area contributed by atoms with Gasteiger partial charge >= 0.3 is 0 Å². The predicted octanol–water partition coefficient (Wildman–Crippen LogP) is 1.60. The molecule has 0 aromatic carbocycles. The molecule has 0 spiro atoms. The van der Waals surface area contributed by atoms with Crippen LogP contribution in [-0.2, 0) is 14.8 Å². The molecule has 0 aliphatic carbocycles. The van der Waals surface area contributed by atoms with Crippen molar-refractivity contribution in [3.05, 3.63) is 0 Å². The molecule has 16 heavy (non-hydrogen) atoms. The van der Waals surface area contributed by atoms with Crippen molar-refractivity contribution in [2.75, 3.05) is 31.3 Å². The molecule has 0 amide bonds. The van der Waals surface area contributed by atoms with Gasteiger partial charge in [-0.2, -0.15) is 4.31 Å². The average molecular weight is 314 g/mol. The smallest absolute Gasteiger partial charge is 0.216 e. The Hall–Kier alpha value is 0.350. The van der Waals surface area contributed by atoms with Crippen LogP contribution >= 0.6 is 15.9 Å². The highest BCUT2D eigenvalue weighted by molar-refractivity contribution is 9.09. The first-order valence-corrected chi connectivity index (χ1v) is 8.39.